The van der Waals surface area contributed by atoms with Crippen LogP contribution >= 0.6 is 15.9 Å². The van der Waals surface area contributed by atoms with Crippen molar-refractivity contribution in [1.82, 2.24) is 0 Å². The van der Waals surface area contributed by atoms with Gasteiger partial charge in [0.05, 0.1) is 0 Å². The summed E-state index contributed by atoms with van der Waals surface area (Å²) in [7, 11) is 0. The molecule has 1 heterocycles. The summed E-state index contributed by atoms with van der Waals surface area (Å²) < 4.78 is 6.90. The highest BCUT2D eigenvalue weighted by molar-refractivity contribution is 9.10. The standard InChI is InChI=1S/C19H21BrO2/c20-15-3-1-14(2-4-15)16-17(22-16)18(21)19-8-11-5-12(9-19)7-13(6-11)10-19/h1-4,11-13,16-17H,5-10H2/t11?,12?,13?,16-,17-,19?/m0/s1. The summed E-state index contributed by atoms with van der Waals surface area (Å²) >= 11 is 3.46. The zero-order valence-corrected chi connectivity index (χ0v) is 14.2. The third-order valence-electron chi connectivity index (χ3n) is 6.51. The highest BCUT2D eigenvalue weighted by Gasteiger charge is 2.60. The van der Waals surface area contributed by atoms with E-state index >= 15 is 0 Å². The number of ketones is 1. The third-order valence-corrected chi connectivity index (χ3v) is 7.04. The van der Waals surface area contributed by atoms with Gasteiger partial charge in [0.2, 0.25) is 0 Å². The first kappa shape index (κ1) is 13.7. The van der Waals surface area contributed by atoms with E-state index in [4.69, 9.17) is 4.74 Å². The molecule has 0 aromatic heterocycles. The fourth-order valence-electron chi connectivity index (χ4n) is 5.93. The van der Waals surface area contributed by atoms with Gasteiger partial charge in [-0.05, 0) is 74.0 Å². The maximum atomic E-state index is 13.2. The van der Waals surface area contributed by atoms with Gasteiger partial charge >= 0.3 is 0 Å². The lowest BCUT2D eigenvalue weighted by Gasteiger charge is -2.55. The Kier molecular flexibility index (Phi) is 2.92. The van der Waals surface area contributed by atoms with Crippen LogP contribution in [-0.4, -0.2) is 11.9 Å². The molecule has 1 aromatic carbocycles. The molecular formula is C19H21BrO2. The van der Waals surface area contributed by atoms with E-state index in [1.54, 1.807) is 0 Å². The first-order valence-corrected chi connectivity index (χ1v) is 9.37. The second kappa shape index (κ2) is 4.67. The fourth-order valence-corrected chi connectivity index (χ4v) is 6.20. The monoisotopic (exact) mass is 360 g/mol. The number of rotatable bonds is 3. The van der Waals surface area contributed by atoms with Gasteiger partial charge < -0.3 is 4.74 Å². The van der Waals surface area contributed by atoms with Crippen LogP contribution in [0.4, 0.5) is 0 Å². The molecule has 4 aliphatic carbocycles. The van der Waals surface area contributed by atoms with Gasteiger partial charge in [0.15, 0.2) is 5.78 Å². The quantitative estimate of drug-likeness (QED) is 0.732. The van der Waals surface area contributed by atoms with Crippen LogP contribution in [0.15, 0.2) is 28.7 Å². The Labute approximate surface area is 139 Å². The average molecular weight is 361 g/mol. The summed E-state index contributed by atoms with van der Waals surface area (Å²) in [5.41, 5.74) is 1.12. The van der Waals surface area contributed by atoms with E-state index in [1.165, 1.54) is 19.3 Å². The predicted octanol–water partition coefficient (Wildman–Crippen LogP) is 4.67. The summed E-state index contributed by atoms with van der Waals surface area (Å²) in [6.45, 7) is 0. The molecular weight excluding hydrogens is 340 g/mol. The lowest BCUT2D eigenvalue weighted by atomic mass is 9.48. The summed E-state index contributed by atoms with van der Waals surface area (Å²) in [6, 6.07) is 8.20. The van der Waals surface area contributed by atoms with Gasteiger partial charge in [-0.3, -0.25) is 4.79 Å². The van der Waals surface area contributed by atoms with Gasteiger partial charge in [-0.1, -0.05) is 28.1 Å². The van der Waals surface area contributed by atoms with E-state index in [1.807, 2.05) is 12.1 Å². The van der Waals surface area contributed by atoms with Crippen molar-refractivity contribution in [2.45, 2.75) is 50.7 Å². The SMILES string of the molecule is O=C([C@H]1O[C@H]1c1ccc(Br)cc1)C12CC3CC(CC(C3)C1)C2. The number of epoxide rings is 1. The molecule has 0 amide bonds. The Balaban J connectivity index is 1.36. The molecule has 1 aliphatic heterocycles. The van der Waals surface area contributed by atoms with E-state index in [2.05, 4.69) is 28.1 Å². The number of hydrogen-bond acceptors (Lipinski definition) is 2. The molecule has 1 aromatic rings. The largest absolute Gasteiger partial charge is 0.356 e. The first-order chi connectivity index (χ1) is 10.6. The summed E-state index contributed by atoms with van der Waals surface area (Å²) in [4.78, 5) is 13.2. The van der Waals surface area contributed by atoms with Crippen molar-refractivity contribution in [3.63, 3.8) is 0 Å². The summed E-state index contributed by atoms with van der Waals surface area (Å²) in [6.07, 6.45) is 7.42. The minimum absolute atomic E-state index is 0.00797. The number of benzene rings is 1. The zero-order chi connectivity index (χ0) is 14.9. The van der Waals surface area contributed by atoms with Crippen molar-refractivity contribution in [2.24, 2.45) is 23.2 Å². The van der Waals surface area contributed by atoms with E-state index in [0.717, 1.165) is 47.1 Å². The van der Waals surface area contributed by atoms with Crippen LogP contribution in [0.2, 0.25) is 0 Å². The highest BCUT2D eigenvalue weighted by Crippen LogP contribution is 2.62. The lowest BCUT2D eigenvalue weighted by molar-refractivity contribution is -0.145. The Morgan fingerprint density at radius 1 is 1.00 bits per heavy atom. The molecule has 3 heteroatoms. The van der Waals surface area contributed by atoms with Crippen molar-refractivity contribution >= 4 is 21.7 Å². The van der Waals surface area contributed by atoms with E-state index < -0.39 is 0 Å². The van der Waals surface area contributed by atoms with Crippen LogP contribution in [0.1, 0.15) is 50.2 Å². The van der Waals surface area contributed by atoms with Crippen molar-refractivity contribution < 1.29 is 9.53 Å². The fraction of sp³-hybridized carbons (Fsp3) is 0.632. The molecule has 116 valence electrons. The minimum Gasteiger partial charge on any atom is -0.356 e. The van der Waals surface area contributed by atoms with Crippen LogP contribution in [-0.2, 0) is 9.53 Å². The van der Waals surface area contributed by atoms with Crippen LogP contribution in [0.3, 0.4) is 0 Å². The summed E-state index contributed by atoms with van der Waals surface area (Å²) in [5, 5.41) is 0. The van der Waals surface area contributed by atoms with Gasteiger partial charge in [-0.15, -0.1) is 0 Å². The van der Waals surface area contributed by atoms with Crippen LogP contribution in [0.5, 0.6) is 0 Å². The molecule has 22 heavy (non-hydrogen) atoms. The molecule has 5 fully saturated rings. The smallest absolute Gasteiger partial charge is 0.170 e. The van der Waals surface area contributed by atoms with Gasteiger partial charge in [0.25, 0.3) is 0 Å². The zero-order valence-electron chi connectivity index (χ0n) is 12.6. The normalized spacial score (nSPS) is 45.0. The van der Waals surface area contributed by atoms with Crippen LogP contribution in [0.25, 0.3) is 0 Å². The van der Waals surface area contributed by atoms with Gasteiger partial charge in [0, 0.05) is 9.89 Å². The van der Waals surface area contributed by atoms with E-state index in [0.29, 0.717) is 5.78 Å². The predicted molar refractivity (Wildman–Crippen MR) is 87.4 cm³/mol. The first-order valence-electron chi connectivity index (χ1n) is 8.58. The Morgan fingerprint density at radius 3 is 2.09 bits per heavy atom. The number of ether oxygens (including phenoxy) is 1. The number of carbonyl (C=O) groups is 1. The highest BCUT2D eigenvalue weighted by atomic mass is 79.9. The van der Waals surface area contributed by atoms with Gasteiger partial charge in [-0.25, -0.2) is 0 Å². The molecule has 2 nitrogen and oxygen atoms in total. The molecule has 0 spiro atoms. The van der Waals surface area contributed by atoms with Gasteiger partial charge in [-0.2, -0.15) is 0 Å². The molecule has 6 rings (SSSR count). The molecule has 1 saturated heterocycles. The van der Waals surface area contributed by atoms with Crippen molar-refractivity contribution in [3.8, 4) is 0 Å². The second-order valence-corrected chi connectivity index (χ2v) is 9.01. The molecule has 4 bridgehead atoms. The molecule has 0 radical (unpaired) electrons. The second-order valence-electron chi connectivity index (χ2n) is 8.09. The van der Waals surface area contributed by atoms with Crippen LogP contribution < -0.4 is 0 Å². The molecule has 2 atom stereocenters. The molecule has 0 N–H and O–H groups in total. The molecule has 0 unspecified atom stereocenters. The average Bonchev–Trinajstić information content (AvgIpc) is 3.26. The minimum atomic E-state index is -0.169. The Morgan fingerprint density at radius 2 is 1.55 bits per heavy atom. The Bertz CT molecular complexity index is 586. The van der Waals surface area contributed by atoms with E-state index in [-0.39, 0.29) is 17.6 Å². The molecule has 5 aliphatic rings. The third kappa shape index (κ3) is 2.05. The van der Waals surface area contributed by atoms with Crippen molar-refractivity contribution in [3.05, 3.63) is 34.3 Å². The summed E-state index contributed by atoms with van der Waals surface area (Å²) in [5.74, 6) is 2.89. The van der Waals surface area contributed by atoms with E-state index in [9.17, 15) is 4.79 Å². The topological polar surface area (TPSA) is 29.6 Å². The van der Waals surface area contributed by atoms with Crippen molar-refractivity contribution in [2.75, 3.05) is 0 Å². The number of hydrogen-bond donors (Lipinski definition) is 0. The number of halogens is 1. The van der Waals surface area contributed by atoms with Gasteiger partial charge in [0.1, 0.15) is 12.2 Å². The number of Topliss-reactive ketones (excluding diaryl/α,β-unsaturated/α-hetero) is 1. The number of carbonyl (C=O) groups excluding carboxylic acids is 1. The lowest BCUT2D eigenvalue weighted by Crippen LogP contribution is -2.51. The maximum absolute atomic E-state index is 13.2. The van der Waals surface area contributed by atoms with Crippen LogP contribution in [0, 0.1) is 23.2 Å². The maximum Gasteiger partial charge on any atom is 0.170 e. The van der Waals surface area contributed by atoms with Crippen molar-refractivity contribution in [1.29, 1.82) is 0 Å². The molecule has 4 saturated carbocycles. The Hall–Kier alpha value is -0.670.